The van der Waals surface area contributed by atoms with E-state index in [0.717, 1.165) is 0 Å². The van der Waals surface area contributed by atoms with Crippen LogP contribution in [0.25, 0.3) is 0 Å². The first-order valence-electron chi connectivity index (χ1n) is 5.94. The molecule has 19 heavy (non-hydrogen) atoms. The number of carbonyl (C=O) groups excluding carboxylic acids is 1. The van der Waals surface area contributed by atoms with Crippen LogP contribution in [0.3, 0.4) is 0 Å². The Hall–Kier alpha value is -2.50. The van der Waals surface area contributed by atoms with Crippen molar-refractivity contribution in [3.8, 4) is 5.75 Å². The first kappa shape index (κ1) is 12.9. The van der Waals surface area contributed by atoms with Crippen molar-refractivity contribution in [2.75, 3.05) is 17.7 Å². The summed E-state index contributed by atoms with van der Waals surface area (Å²) in [6, 6.07) is 7.24. The first-order valence-corrected chi connectivity index (χ1v) is 5.94. The van der Waals surface area contributed by atoms with Crippen LogP contribution in [0.5, 0.6) is 5.75 Å². The van der Waals surface area contributed by atoms with E-state index < -0.39 is 0 Å². The summed E-state index contributed by atoms with van der Waals surface area (Å²) in [5.74, 6) is 0.643. The highest BCUT2D eigenvalue weighted by atomic mass is 16.5. The van der Waals surface area contributed by atoms with Crippen LogP contribution in [0.15, 0.2) is 30.5 Å². The molecule has 1 heterocycles. The van der Waals surface area contributed by atoms with Crippen LogP contribution in [0.4, 0.5) is 11.5 Å². The van der Waals surface area contributed by atoms with Crippen LogP contribution >= 0.6 is 0 Å². The number of para-hydroxylation sites is 2. The van der Waals surface area contributed by atoms with Crippen molar-refractivity contribution >= 4 is 17.4 Å². The Kier molecular flexibility index (Phi) is 3.70. The number of nitrogens with two attached hydrogens (primary N) is 1. The smallest absolute Gasteiger partial charge is 0.261 e. The van der Waals surface area contributed by atoms with E-state index in [1.165, 1.54) is 10.9 Å². The summed E-state index contributed by atoms with van der Waals surface area (Å²) in [6.07, 6.45) is 1.44. The van der Waals surface area contributed by atoms with Crippen molar-refractivity contribution < 1.29 is 9.53 Å². The van der Waals surface area contributed by atoms with Crippen molar-refractivity contribution in [2.45, 2.75) is 6.92 Å². The Morgan fingerprint density at radius 2 is 2.21 bits per heavy atom. The number of nitrogens with zero attached hydrogens (tertiary/aromatic N) is 2. The molecule has 3 N–H and O–H groups in total. The Morgan fingerprint density at radius 3 is 2.84 bits per heavy atom. The van der Waals surface area contributed by atoms with E-state index in [-0.39, 0.29) is 5.91 Å². The minimum Gasteiger partial charge on any atom is -0.492 e. The molecule has 0 aliphatic rings. The van der Waals surface area contributed by atoms with Gasteiger partial charge in [0.1, 0.15) is 17.1 Å². The molecule has 1 aromatic heterocycles. The van der Waals surface area contributed by atoms with Gasteiger partial charge in [-0.05, 0) is 19.1 Å². The summed E-state index contributed by atoms with van der Waals surface area (Å²) < 4.78 is 6.89. The number of carbonyl (C=O) groups is 1. The van der Waals surface area contributed by atoms with Gasteiger partial charge in [0.25, 0.3) is 5.91 Å². The molecule has 6 heteroatoms. The zero-order valence-electron chi connectivity index (χ0n) is 10.9. The van der Waals surface area contributed by atoms with E-state index >= 15 is 0 Å². The molecule has 2 aromatic rings. The Balaban J connectivity index is 2.22. The van der Waals surface area contributed by atoms with E-state index in [1.54, 1.807) is 19.2 Å². The summed E-state index contributed by atoms with van der Waals surface area (Å²) in [5.41, 5.74) is 6.71. The highest BCUT2D eigenvalue weighted by molar-refractivity contribution is 6.07. The number of hydrogen-bond donors (Lipinski definition) is 2. The summed E-state index contributed by atoms with van der Waals surface area (Å²) in [7, 11) is 1.68. The van der Waals surface area contributed by atoms with Crippen LogP contribution in [-0.4, -0.2) is 22.3 Å². The van der Waals surface area contributed by atoms with Crippen LogP contribution in [0.2, 0.25) is 0 Å². The van der Waals surface area contributed by atoms with Crippen molar-refractivity contribution in [3.63, 3.8) is 0 Å². The van der Waals surface area contributed by atoms with Crippen molar-refractivity contribution in [1.82, 2.24) is 9.78 Å². The topological polar surface area (TPSA) is 82.2 Å². The number of benzene rings is 1. The summed E-state index contributed by atoms with van der Waals surface area (Å²) in [4.78, 5) is 12.1. The second-order valence-corrected chi connectivity index (χ2v) is 3.95. The number of rotatable bonds is 4. The lowest BCUT2D eigenvalue weighted by atomic mass is 10.2. The number of aryl methyl sites for hydroxylation is 1. The monoisotopic (exact) mass is 260 g/mol. The molecular weight excluding hydrogens is 244 g/mol. The van der Waals surface area contributed by atoms with Gasteiger partial charge in [-0.1, -0.05) is 12.1 Å². The molecule has 0 atom stereocenters. The van der Waals surface area contributed by atoms with Crippen LogP contribution < -0.4 is 15.8 Å². The Bertz CT molecular complexity index is 592. The third kappa shape index (κ3) is 2.67. The molecule has 0 bridgehead atoms. The van der Waals surface area contributed by atoms with Gasteiger partial charge in [0.05, 0.1) is 18.5 Å². The zero-order chi connectivity index (χ0) is 13.8. The number of hydrogen-bond acceptors (Lipinski definition) is 4. The highest BCUT2D eigenvalue weighted by Gasteiger charge is 2.15. The lowest BCUT2D eigenvalue weighted by Gasteiger charge is -2.10. The third-order valence-corrected chi connectivity index (χ3v) is 2.66. The Labute approximate surface area is 111 Å². The zero-order valence-corrected chi connectivity index (χ0v) is 10.9. The van der Waals surface area contributed by atoms with Gasteiger partial charge in [-0.3, -0.25) is 9.48 Å². The quantitative estimate of drug-likeness (QED) is 0.875. The molecule has 6 nitrogen and oxygen atoms in total. The lowest BCUT2D eigenvalue weighted by Crippen LogP contribution is -2.14. The second kappa shape index (κ2) is 5.43. The second-order valence-electron chi connectivity index (χ2n) is 3.95. The number of ether oxygens (including phenoxy) is 1. The van der Waals surface area contributed by atoms with Gasteiger partial charge in [-0.15, -0.1) is 0 Å². The van der Waals surface area contributed by atoms with Crippen molar-refractivity contribution in [1.29, 1.82) is 0 Å². The van der Waals surface area contributed by atoms with Gasteiger partial charge in [0, 0.05) is 7.05 Å². The SMILES string of the molecule is CCOc1ccccc1NC(=O)c1cnn(C)c1N. The molecule has 100 valence electrons. The minimum absolute atomic E-state index is 0.308. The van der Waals surface area contributed by atoms with E-state index in [1.807, 2.05) is 19.1 Å². The number of nitrogens with one attached hydrogen (secondary N) is 1. The molecule has 0 unspecified atom stereocenters. The fraction of sp³-hybridized carbons (Fsp3) is 0.231. The van der Waals surface area contributed by atoms with Crippen molar-refractivity contribution in [2.24, 2.45) is 7.05 Å². The van der Waals surface area contributed by atoms with Crippen LogP contribution in [-0.2, 0) is 7.05 Å². The molecule has 0 radical (unpaired) electrons. The van der Waals surface area contributed by atoms with E-state index in [2.05, 4.69) is 10.4 Å². The predicted molar refractivity (Wildman–Crippen MR) is 73.2 cm³/mol. The van der Waals surface area contributed by atoms with Gasteiger partial charge >= 0.3 is 0 Å². The average Bonchev–Trinajstić information content (AvgIpc) is 2.73. The van der Waals surface area contributed by atoms with Gasteiger partial charge in [0.2, 0.25) is 0 Å². The summed E-state index contributed by atoms with van der Waals surface area (Å²) in [6.45, 7) is 2.42. The molecule has 2 rings (SSSR count). The fourth-order valence-corrected chi connectivity index (χ4v) is 1.66. The van der Waals surface area contributed by atoms with Gasteiger partial charge < -0.3 is 15.8 Å². The maximum Gasteiger partial charge on any atom is 0.261 e. The average molecular weight is 260 g/mol. The van der Waals surface area contributed by atoms with Crippen LogP contribution in [0.1, 0.15) is 17.3 Å². The number of nitrogen functional groups attached to an aromatic ring is 1. The molecule has 0 spiro atoms. The van der Waals surface area contributed by atoms with E-state index in [4.69, 9.17) is 10.5 Å². The van der Waals surface area contributed by atoms with Crippen molar-refractivity contribution in [3.05, 3.63) is 36.0 Å². The number of anilines is 2. The molecule has 0 saturated heterocycles. The summed E-state index contributed by atoms with van der Waals surface area (Å²) >= 11 is 0. The summed E-state index contributed by atoms with van der Waals surface area (Å²) in [5, 5.41) is 6.71. The molecule has 0 saturated carbocycles. The highest BCUT2D eigenvalue weighted by Crippen LogP contribution is 2.24. The molecule has 0 aliphatic carbocycles. The third-order valence-electron chi connectivity index (χ3n) is 2.66. The van der Waals surface area contributed by atoms with E-state index in [9.17, 15) is 4.79 Å². The largest absolute Gasteiger partial charge is 0.492 e. The van der Waals surface area contributed by atoms with Crippen LogP contribution in [0, 0.1) is 0 Å². The molecule has 1 aromatic carbocycles. The maximum absolute atomic E-state index is 12.1. The molecule has 1 amide bonds. The standard InChI is InChI=1S/C13H16N4O2/c1-3-19-11-7-5-4-6-10(11)16-13(18)9-8-15-17(2)12(9)14/h4-8H,3,14H2,1-2H3,(H,16,18). The minimum atomic E-state index is -0.308. The van der Waals surface area contributed by atoms with Gasteiger partial charge in [0.15, 0.2) is 0 Å². The normalized spacial score (nSPS) is 10.2. The first-order chi connectivity index (χ1) is 9.13. The molecule has 0 aliphatic heterocycles. The fourth-order valence-electron chi connectivity index (χ4n) is 1.66. The van der Waals surface area contributed by atoms with Gasteiger partial charge in [-0.2, -0.15) is 5.10 Å². The van der Waals surface area contributed by atoms with E-state index in [0.29, 0.717) is 29.4 Å². The predicted octanol–water partition coefficient (Wildman–Crippen LogP) is 1.65. The lowest BCUT2D eigenvalue weighted by molar-refractivity contribution is 0.102. The maximum atomic E-state index is 12.1. The molecule has 0 fully saturated rings. The van der Waals surface area contributed by atoms with Gasteiger partial charge in [-0.25, -0.2) is 0 Å². The number of amides is 1. The Morgan fingerprint density at radius 1 is 1.47 bits per heavy atom. The molecular formula is C13H16N4O2. The number of aromatic nitrogens is 2.